The zero-order valence-electron chi connectivity index (χ0n) is 75.9. The molecule has 0 saturated carbocycles. The Morgan fingerprint density at radius 1 is 0.234 bits per heavy atom. The van der Waals surface area contributed by atoms with Gasteiger partial charge in [0.05, 0.1) is 78.6 Å². The third-order valence-electron chi connectivity index (χ3n) is 21.3. The fraction of sp³-hybridized carbons (Fsp3) is 0.0755. The van der Waals surface area contributed by atoms with E-state index < -0.39 is 60.1 Å². The van der Waals surface area contributed by atoms with E-state index in [4.69, 9.17) is 34.8 Å². The second kappa shape index (κ2) is 44.0. The Morgan fingerprint density at radius 3 is 0.837 bits per heavy atom. The molecule has 141 heavy (non-hydrogen) atoms. The van der Waals surface area contributed by atoms with Gasteiger partial charge in [0.1, 0.15) is 45.5 Å². The first kappa shape index (κ1) is 103. The van der Waals surface area contributed by atoms with E-state index in [2.05, 4.69) is 79.8 Å². The summed E-state index contributed by atoms with van der Waals surface area (Å²) < 4.78 is 165. The number of aromatic nitrogens is 2. The summed E-state index contributed by atoms with van der Waals surface area (Å²) in [4.78, 5) is 9.17. The van der Waals surface area contributed by atoms with Gasteiger partial charge in [-0.1, -0.05) is 252 Å². The maximum absolute atomic E-state index is 12.8. The number of halogens is 3. The second-order valence-corrected chi connectivity index (χ2v) is 44.9. The monoisotopic (exact) mass is 2060 g/mol. The number of benzene rings is 16. The molecule has 35 heteroatoms. The Labute approximate surface area is 832 Å². The minimum Gasteiger partial charge on any atom is -0.508 e. The summed E-state index contributed by atoms with van der Waals surface area (Å²) in [5.74, 6) is -0.0698. The number of hydrogen-bond donors (Lipinski definition) is 12. The molecule has 0 saturated heterocycles. The van der Waals surface area contributed by atoms with Crippen molar-refractivity contribution in [1.82, 2.24) is 9.97 Å². The molecule has 26 nitrogen and oxygen atoms in total. The smallest absolute Gasteiger partial charge is 0.261 e. The molecular formula is C106H93Cl3N8O18S6. The third kappa shape index (κ3) is 27.1. The summed E-state index contributed by atoms with van der Waals surface area (Å²) in [5, 5.41) is 62.2. The minimum absolute atomic E-state index is 0.000706. The summed E-state index contributed by atoms with van der Waals surface area (Å²) in [7, 11) is -22.4. The Kier molecular flexibility index (Phi) is 32.3. The van der Waals surface area contributed by atoms with Crippen molar-refractivity contribution in [2.75, 3.05) is 28.3 Å². The molecule has 16 aromatic carbocycles. The maximum Gasteiger partial charge on any atom is 0.261 e. The summed E-state index contributed by atoms with van der Waals surface area (Å²) in [5.41, 5.74) is 8.34. The molecule has 2 aromatic heterocycles. The SMILES string of the molecule is CC(C)(C)c1ccc(S(=O)(=O)Nc2ccc(O)cc2Cl)cc1.CC(C)(C)c1ccc(S(=O)(=O)Nc2cccc(O)c2)cc1.O=S(=O)(Nc1ccc(O)c2ncccc12)c1ccc(-c2ccccc2)cc1.O=S(=O)(Nc1ccc(O)c2ncccc12)c1ccc2ccccc2c1.O=S(=O)(Nc1ccc(O)cc1Cl)c1ccc(-c2ccccc2)cc1.O=S(=O)(Nc1ccc(O)cc1Cl)c1ccc2ccccc2c1. The fourth-order valence-electron chi connectivity index (χ4n) is 13.9. The zero-order chi connectivity index (χ0) is 101. The highest BCUT2D eigenvalue weighted by molar-refractivity contribution is 7.94. The third-order valence-corrected chi connectivity index (χ3v) is 30.5. The predicted molar refractivity (Wildman–Crippen MR) is 561 cm³/mol. The molecule has 0 radical (unpaired) electrons. The molecule has 0 unspecified atom stereocenters. The number of phenols is 6. The second-order valence-electron chi connectivity index (χ2n) is 33.6. The Bertz CT molecular complexity index is 8340. The number of nitrogens with zero attached hydrogens (tertiary/aromatic N) is 2. The highest BCUT2D eigenvalue weighted by atomic mass is 35.5. The first-order valence-corrected chi connectivity index (χ1v) is 52.9. The number of sulfonamides is 6. The van der Waals surface area contributed by atoms with Crippen LogP contribution in [0.5, 0.6) is 34.5 Å². The molecule has 0 aliphatic carbocycles. The van der Waals surface area contributed by atoms with Crippen LogP contribution in [0.4, 0.5) is 34.1 Å². The molecule has 0 fully saturated rings. The summed E-state index contributed by atoms with van der Waals surface area (Å²) in [6.07, 6.45) is 3.09. The molecule has 0 amide bonds. The number of aromatic hydroxyl groups is 6. The standard InChI is InChI=1S/C21H16N2O3S.C19H14N2O3S.C18H14ClNO3S.C16H12ClNO3S.C16H18ClNO3S.C16H19NO3S/c24-20-13-12-19(18-7-4-14-22-21(18)20)23-27(25,26)17-10-8-16(9-11-17)15-5-2-1-3-6-15;22-18-10-9-17(16-6-3-11-20-19(16)18)21-25(23,24)15-8-7-13-4-1-2-5-14(13)12-15;19-17-12-15(21)8-11-18(17)20-24(22,23)16-9-6-14(7-10-16)13-4-2-1-3-5-13;17-15-10-13(19)6-8-16(15)18-22(20,21)14-7-5-11-3-1-2-4-12(11)9-14;1-16(2,3)11-4-7-13(8-5-11)22(20,21)18-15-9-6-12(19)10-14(15)17;1-16(2,3)12-7-9-15(10-8-12)21(19,20)17-13-5-4-6-14(18)11-13/h1-14,23-24H;1-12,21-22H;1-12,20-21H;1-10,18-19H;4-10,18-19H,1-3H3;4-11,17-18H,1-3H3. The lowest BCUT2D eigenvalue weighted by molar-refractivity contribution is 0.475. The van der Waals surface area contributed by atoms with Crippen molar-refractivity contribution < 1.29 is 81.1 Å². The van der Waals surface area contributed by atoms with Crippen LogP contribution in [0.3, 0.4) is 0 Å². The largest absolute Gasteiger partial charge is 0.508 e. The molecule has 18 rings (SSSR count). The number of anilines is 6. The number of nitrogens with one attached hydrogen (secondary N) is 6. The van der Waals surface area contributed by atoms with Gasteiger partial charge < -0.3 is 30.6 Å². The van der Waals surface area contributed by atoms with E-state index in [9.17, 15) is 81.1 Å². The van der Waals surface area contributed by atoms with E-state index in [1.54, 1.807) is 170 Å². The summed E-state index contributed by atoms with van der Waals surface area (Å²) in [6, 6.07) is 102. The van der Waals surface area contributed by atoms with E-state index in [-0.39, 0.29) is 107 Å². The summed E-state index contributed by atoms with van der Waals surface area (Å²) in [6.45, 7) is 12.4. The number of rotatable bonds is 20. The van der Waals surface area contributed by atoms with Crippen molar-refractivity contribution in [3.8, 4) is 56.8 Å². The lowest BCUT2D eigenvalue weighted by Gasteiger charge is -2.19. The predicted octanol–water partition coefficient (Wildman–Crippen LogP) is 24.5. The summed E-state index contributed by atoms with van der Waals surface area (Å²) >= 11 is 17.8. The van der Waals surface area contributed by atoms with Gasteiger partial charge >= 0.3 is 0 Å². The van der Waals surface area contributed by atoms with Gasteiger partial charge in [-0.2, -0.15) is 0 Å². The Morgan fingerprint density at radius 2 is 0.511 bits per heavy atom. The van der Waals surface area contributed by atoms with E-state index in [0.717, 1.165) is 54.9 Å². The van der Waals surface area contributed by atoms with Gasteiger partial charge in [-0.25, -0.2) is 50.5 Å². The van der Waals surface area contributed by atoms with E-state index in [1.165, 1.54) is 91.0 Å². The molecule has 2 heterocycles. The van der Waals surface area contributed by atoms with Gasteiger partial charge in [-0.05, 0) is 236 Å². The van der Waals surface area contributed by atoms with Crippen molar-refractivity contribution in [1.29, 1.82) is 0 Å². The molecule has 0 atom stereocenters. The van der Waals surface area contributed by atoms with E-state index in [1.807, 2.05) is 121 Å². The highest BCUT2D eigenvalue weighted by Gasteiger charge is 2.25. The first-order chi connectivity index (χ1) is 66.8. The molecule has 18 aromatic rings. The molecule has 722 valence electrons. The Hall–Kier alpha value is -15.0. The molecular weight excluding hydrogens is 1970 g/mol. The van der Waals surface area contributed by atoms with Gasteiger partial charge in [0.2, 0.25) is 0 Å². The lowest BCUT2D eigenvalue weighted by Crippen LogP contribution is -2.15. The van der Waals surface area contributed by atoms with Crippen molar-refractivity contribution in [3.63, 3.8) is 0 Å². The number of pyridine rings is 2. The first-order valence-electron chi connectivity index (χ1n) is 42.8. The van der Waals surface area contributed by atoms with Gasteiger partial charge in [0.15, 0.2) is 0 Å². The van der Waals surface area contributed by atoms with Crippen LogP contribution in [0.2, 0.25) is 15.1 Å². The van der Waals surface area contributed by atoms with Gasteiger partial charge in [0.25, 0.3) is 60.1 Å². The van der Waals surface area contributed by atoms with Crippen LogP contribution in [0.1, 0.15) is 52.7 Å². The van der Waals surface area contributed by atoms with E-state index >= 15 is 0 Å². The molecule has 0 spiro atoms. The van der Waals surface area contributed by atoms with Crippen LogP contribution >= 0.6 is 34.8 Å². The van der Waals surface area contributed by atoms with Crippen molar-refractivity contribution in [2.24, 2.45) is 0 Å². The van der Waals surface area contributed by atoms with Gasteiger partial charge in [0, 0.05) is 47.4 Å². The molecule has 12 N–H and O–H groups in total. The van der Waals surface area contributed by atoms with Crippen LogP contribution < -0.4 is 28.3 Å². The Balaban J connectivity index is 0.000000143. The van der Waals surface area contributed by atoms with Crippen LogP contribution in [0, 0.1) is 0 Å². The van der Waals surface area contributed by atoms with Gasteiger partial charge in [-0.3, -0.25) is 38.3 Å². The van der Waals surface area contributed by atoms with Gasteiger partial charge in [-0.15, -0.1) is 0 Å². The number of hydrogen-bond acceptors (Lipinski definition) is 20. The minimum atomic E-state index is -3.78. The normalized spacial score (nSPS) is 11.7. The van der Waals surface area contributed by atoms with Crippen LogP contribution in [-0.2, 0) is 71.0 Å². The maximum atomic E-state index is 12.8. The average molecular weight is 2070 g/mol. The number of fused-ring (bicyclic) bond motifs is 4. The highest BCUT2D eigenvalue weighted by Crippen LogP contribution is 2.38. The van der Waals surface area contributed by atoms with Crippen LogP contribution in [-0.4, -0.2) is 91.1 Å². The zero-order valence-corrected chi connectivity index (χ0v) is 83.1. The quantitative estimate of drug-likeness (QED) is 0.0315. The molecule has 0 aliphatic rings. The van der Waals surface area contributed by atoms with E-state index in [0.29, 0.717) is 38.9 Å². The average Bonchev–Trinajstić information content (AvgIpc) is 0.781. The number of phenolic OH excluding ortho intramolecular Hbond substituents is 6. The van der Waals surface area contributed by atoms with Crippen molar-refractivity contribution in [3.05, 3.63) is 409 Å². The molecule has 0 bridgehead atoms. The van der Waals surface area contributed by atoms with Crippen molar-refractivity contribution in [2.45, 2.75) is 81.7 Å². The molecule has 0 aliphatic heterocycles. The van der Waals surface area contributed by atoms with Crippen LogP contribution in [0.25, 0.3) is 65.6 Å². The fourth-order valence-corrected chi connectivity index (χ4v) is 21.3. The topological polar surface area (TPSA) is 424 Å². The van der Waals surface area contributed by atoms with Crippen LogP contribution in [0.15, 0.2) is 412 Å². The van der Waals surface area contributed by atoms with Crippen molar-refractivity contribution >= 4 is 172 Å². The lowest BCUT2D eigenvalue weighted by atomic mass is 9.87.